The fourth-order valence-electron chi connectivity index (χ4n) is 2.29. The molecular weight excluding hydrogens is 222 g/mol. The molecule has 2 heterocycles. The number of likely N-dealkylation sites (tertiary alicyclic amines) is 1. The van der Waals surface area contributed by atoms with E-state index < -0.39 is 5.97 Å². The second-order valence-electron chi connectivity index (χ2n) is 4.23. The van der Waals surface area contributed by atoms with Crippen molar-refractivity contribution in [1.29, 1.82) is 0 Å². The molecule has 1 saturated heterocycles. The molecule has 1 unspecified atom stereocenters. The van der Waals surface area contributed by atoms with Crippen LogP contribution in [0.1, 0.15) is 36.6 Å². The van der Waals surface area contributed by atoms with Gasteiger partial charge >= 0.3 is 5.97 Å². The van der Waals surface area contributed by atoms with Gasteiger partial charge < -0.3 is 5.11 Å². The second kappa shape index (κ2) is 5.46. The summed E-state index contributed by atoms with van der Waals surface area (Å²) in [6.45, 7) is 2.08. The van der Waals surface area contributed by atoms with Crippen LogP contribution in [0, 0.1) is 0 Å². The molecule has 88 valence electrons. The molecule has 1 aromatic heterocycles. The van der Waals surface area contributed by atoms with E-state index >= 15 is 0 Å². The van der Waals surface area contributed by atoms with Crippen LogP contribution >= 0.6 is 11.3 Å². The van der Waals surface area contributed by atoms with Gasteiger partial charge in [0, 0.05) is 4.88 Å². The number of carboxylic acid groups (broad SMARTS) is 1. The number of piperidine rings is 1. The quantitative estimate of drug-likeness (QED) is 0.878. The third-order valence-electron chi connectivity index (χ3n) is 3.07. The van der Waals surface area contributed by atoms with Crippen LogP contribution < -0.4 is 0 Å². The molecule has 0 radical (unpaired) electrons. The van der Waals surface area contributed by atoms with Gasteiger partial charge in [-0.25, -0.2) is 0 Å². The maximum absolute atomic E-state index is 10.9. The minimum atomic E-state index is -0.705. The van der Waals surface area contributed by atoms with Gasteiger partial charge in [0.25, 0.3) is 0 Å². The van der Waals surface area contributed by atoms with Crippen LogP contribution in [0.3, 0.4) is 0 Å². The first kappa shape index (κ1) is 11.6. The first-order valence-corrected chi connectivity index (χ1v) is 6.64. The van der Waals surface area contributed by atoms with Crippen molar-refractivity contribution in [2.75, 3.05) is 13.1 Å². The standard InChI is InChI=1S/C12H17NO2S/c14-12(15)9-10(11-5-4-8-16-11)13-6-2-1-3-7-13/h4-5,8,10H,1-3,6-7,9H2,(H,14,15). The Morgan fingerprint density at radius 1 is 1.44 bits per heavy atom. The number of nitrogens with zero attached hydrogens (tertiary/aromatic N) is 1. The van der Waals surface area contributed by atoms with E-state index in [1.54, 1.807) is 11.3 Å². The molecule has 3 nitrogen and oxygen atoms in total. The molecule has 1 fully saturated rings. The molecule has 1 atom stereocenters. The van der Waals surface area contributed by atoms with Crippen LogP contribution in [0.5, 0.6) is 0 Å². The minimum Gasteiger partial charge on any atom is -0.481 e. The number of carbonyl (C=O) groups is 1. The molecule has 0 aromatic carbocycles. The van der Waals surface area contributed by atoms with Crippen LogP contribution in [0.15, 0.2) is 17.5 Å². The Hall–Kier alpha value is -0.870. The number of aliphatic carboxylic acids is 1. The van der Waals surface area contributed by atoms with Gasteiger partial charge in [-0.3, -0.25) is 9.69 Å². The van der Waals surface area contributed by atoms with Crippen molar-refractivity contribution in [3.63, 3.8) is 0 Å². The van der Waals surface area contributed by atoms with E-state index in [9.17, 15) is 4.79 Å². The summed E-state index contributed by atoms with van der Waals surface area (Å²) >= 11 is 1.66. The second-order valence-corrected chi connectivity index (χ2v) is 5.20. The van der Waals surface area contributed by atoms with Gasteiger partial charge in [0.15, 0.2) is 0 Å². The van der Waals surface area contributed by atoms with Crippen molar-refractivity contribution in [3.8, 4) is 0 Å². The summed E-state index contributed by atoms with van der Waals surface area (Å²) in [6, 6.07) is 4.13. The van der Waals surface area contributed by atoms with Crippen LogP contribution in [-0.2, 0) is 4.79 Å². The van der Waals surface area contributed by atoms with Crippen LogP contribution in [0.2, 0.25) is 0 Å². The molecule has 0 aliphatic carbocycles. The summed E-state index contributed by atoms with van der Waals surface area (Å²) in [6.07, 6.45) is 3.89. The fraction of sp³-hybridized carbons (Fsp3) is 0.583. The van der Waals surface area contributed by atoms with Gasteiger partial charge in [-0.05, 0) is 37.4 Å². The van der Waals surface area contributed by atoms with E-state index in [-0.39, 0.29) is 12.5 Å². The van der Waals surface area contributed by atoms with Crippen molar-refractivity contribution in [2.24, 2.45) is 0 Å². The fourth-order valence-corrected chi connectivity index (χ4v) is 3.15. The number of hydrogen-bond donors (Lipinski definition) is 1. The number of thiophene rings is 1. The Morgan fingerprint density at radius 2 is 2.19 bits per heavy atom. The molecule has 1 aromatic rings. The van der Waals surface area contributed by atoms with Crippen molar-refractivity contribution >= 4 is 17.3 Å². The molecule has 0 saturated carbocycles. The van der Waals surface area contributed by atoms with E-state index in [1.807, 2.05) is 17.5 Å². The van der Waals surface area contributed by atoms with Crippen molar-refractivity contribution < 1.29 is 9.90 Å². The van der Waals surface area contributed by atoms with Gasteiger partial charge in [-0.2, -0.15) is 0 Å². The maximum atomic E-state index is 10.9. The first-order valence-electron chi connectivity index (χ1n) is 5.76. The SMILES string of the molecule is O=C(O)CC(c1cccs1)N1CCCCC1. The highest BCUT2D eigenvalue weighted by Gasteiger charge is 2.25. The summed E-state index contributed by atoms with van der Waals surface area (Å²) in [5.41, 5.74) is 0. The summed E-state index contributed by atoms with van der Waals surface area (Å²) in [4.78, 5) is 14.4. The Kier molecular flexibility index (Phi) is 3.96. The number of hydrogen-bond acceptors (Lipinski definition) is 3. The van der Waals surface area contributed by atoms with E-state index in [2.05, 4.69) is 4.90 Å². The third kappa shape index (κ3) is 2.83. The molecular formula is C12H17NO2S. The van der Waals surface area contributed by atoms with E-state index in [0.29, 0.717) is 0 Å². The average molecular weight is 239 g/mol. The summed E-state index contributed by atoms with van der Waals surface area (Å²) in [5.74, 6) is -0.705. The first-order chi connectivity index (χ1) is 7.77. The van der Waals surface area contributed by atoms with Crippen LogP contribution in [0.25, 0.3) is 0 Å². The van der Waals surface area contributed by atoms with Crippen LogP contribution in [-0.4, -0.2) is 29.1 Å². The Labute approximate surface area is 99.7 Å². The molecule has 4 heteroatoms. The van der Waals surface area contributed by atoms with Gasteiger partial charge in [0.05, 0.1) is 12.5 Å². The molecule has 0 amide bonds. The van der Waals surface area contributed by atoms with Gasteiger partial charge in [0.2, 0.25) is 0 Å². The van der Waals surface area contributed by atoms with Gasteiger partial charge in [-0.1, -0.05) is 12.5 Å². The normalized spacial score (nSPS) is 19.5. The minimum absolute atomic E-state index is 0.0813. The Balaban J connectivity index is 2.10. The highest BCUT2D eigenvalue weighted by Crippen LogP contribution is 2.30. The molecule has 0 spiro atoms. The lowest BCUT2D eigenvalue weighted by atomic mass is 10.0. The Bertz CT molecular complexity index is 331. The number of carboxylic acids is 1. The highest BCUT2D eigenvalue weighted by molar-refractivity contribution is 7.10. The summed E-state index contributed by atoms with van der Waals surface area (Å²) < 4.78 is 0. The zero-order chi connectivity index (χ0) is 11.4. The largest absolute Gasteiger partial charge is 0.481 e. The lowest BCUT2D eigenvalue weighted by Crippen LogP contribution is -2.34. The molecule has 1 aliphatic heterocycles. The van der Waals surface area contributed by atoms with E-state index in [4.69, 9.17) is 5.11 Å². The van der Waals surface area contributed by atoms with Crippen molar-refractivity contribution in [2.45, 2.75) is 31.7 Å². The monoisotopic (exact) mass is 239 g/mol. The van der Waals surface area contributed by atoms with E-state index in [1.165, 1.54) is 24.1 Å². The smallest absolute Gasteiger partial charge is 0.305 e. The lowest BCUT2D eigenvalue weighted by molar-refractivity contribution is -0.138. The summed E-state index contributed by atoms with van der Waals surface area (Å²) in [7, 11) is 0. The zero-order valence-corrected chi connectivity index (χ0v) is 10.1. The highest BCUT2D eigenvalue weighted by atomic mass is 32.1. The average Bonchev–Trinajstić information content (AvgIpc) is 2.80. The molecule has 16 heavy (non-hydrogen) atoms. The van der Waals surface area contributed by atoms with Crippen LogP contribution in [0.4, 0.5) is 0 Å². The molecule has 1 N–H and O–H groups in total. The predicted octanol–water partition coefficient (Wildman–Crippen LogP) is 2.75. The summed E-state index contributed by atoms with van der Waals surface area (Å²) in [5, 5.41) is 11.0. The lowest BCUT2D eigenvalue weighted by Gasteiger charge is -2.33. The molecule has 2 rings (SSSR count). The zero-order valence-electron chi connectivity index (χ0n) is 9.26. The van der Waals surface area contributed by atoms with Crippen molar-refractivity contribution in [3.05, 3.63) is 22.4 Å². The van der Waals surface area contributed by atoms with Gasteiger partial charge in [0.1, 0.15) is 0 Å². The topological polar surface area (TPSA) is 40.5 Å². The van der Waals surface area contributed by atoms with E-state index in [0.717, 1.165) is 13.1 Å². The van der Waals surface area contributed by atoms with Gasteiger partial charge in [-0.15, -0.1) is 11.3 Å². The van der Waals surface area contributed by atoms with Crippen molar-refractivity contribution in [1.82, 2.24) is 4.90 Å². The maximum Gasteiger partial charge on any atom is 0.305 e. The predicted molar refractivity (Wildman–Crippen MR) is 64.7 cm³/mol. The molecule has 0 bridgehead atoms. The molecule has 1 aliphatic rings. The Morgan fingerprint density at radius 3 is 2.75 bits per heavy atom. The third-order valence-corrected chi connectivity index (χ3v) is 4.04. The number of rotatable bonds is 4.